The van der Waals surface area contributed by atoms with Crippen LogP contribution in [0.5, 0.6) is 5.75 Å². The number of fused-ring (bicyclic) bond motifs is 1. The Balaban J connectivity index is 1.68. The molecule has 0 aliphatic carbocycles. The molecule has 0 unspecified atom stereocenters. The molecule has 0 aromatic heterocycles. The SMILES string of the molecule is CC(C)COc1ccc(C2=C(O)C(=O)N(c3cccc4ccccc34)C2=O)cc1. The fourth-order valence-corrected chi connectivity index (χ4v) is 3.38. The quantitative estimate of drug-likeness (QED) is 0.644. The molecule has 0 saturated heterocycles. The van der Waals surface area contributed by atoms with E-state index in [-0.39, 0.29) is 5.57 Å². The molecule has 3 aromatic carbocycles. The van der Waals surface area contributed by atoms with Crippen LogP contribution in [0, 0.1) is 5.92 Å². The fourth-order valence-electron chi connectivity index (χ4n) is 3.38. The molecule has 1 aliphatic rings. The number of anilines is 1. The molecular formula is C24H21NO4. The molecule has 146 valence electrons. The van der Waals surface area contributed by atoms with E-state index in [2.05, 4.69) is 13.8 Å². The molecule has 3 aromatic rings. The monoisotopic (exact) mass is 387 g/mol. The van der Waals surface area contributed by atoms with E-state index in [0.29, 0.717) is 29.5 Å². The molecule has 29 heavy (non-hydrogen) atoms. The number of rotatable bonds is 5. The lowest BCUT2D eigenvalue weighted by atomic mass is 10.0. The number of ether oxygens (including phenoxy) is 1. The van der Waals surface area contributed by atoms with Gasteiger partial charge in [-0.05, 0) is 35.1 Å². The van der Waals surface area contributed by atoms with Gasteiger partial charge in [-0.3, -0.25) is 9.59 Å². The molecule has 0 spiro atoms. The number of nitrogens with zero attached hydrogens (tertiary/aromatic N) is 1. The summed E-state index contributed by atoms with van der Waals surface area (Å²) < 4.78 is 5.66. The van der Waals surface area contributed by atoms with E-state index in [9.17, 15) is 14.7 Å². The van der Waals surface area contributed by atoms with Crippen molar-refractivity contribution in [1.29, 1.82) is 0 Å². The van der Waals surface area contributed by atoms with E-state index in [4.69, 9.17) is 4.74 Å². The van der Waals surface area contributed by atoms with Crippen molar-refractivity contribution >= 4 is 33.8 Å². The van der Waals surface area contributed by atoms with Gasteiger partial charge in [0.2, 0.25) is 0 Å². The normalized spacial score (nSPS) is 14.4. The van der Waals surface area contributed by atoms with Gasteiger partial charge in [-0.25, -0.2) is 4.90 Å². The van der Waals surface area contributed by atoms with Crippen LogP contribution in [0.25, 0.3) is 16.3 Å². The summed E-state index contributed by atoms with van der Waals surface area (Å²) in [6, 6.07) is 19.7. The summed E-state index contributed by atoms with van der Waals surface area (Å²) in [6.07, 6.45) is 0. The van der Waals surface area contributed by atoms with Crippen LogP contribution in [-0.4, -0.2) is 23.5 Å². The Kier molecular flexibility index (Phi) is 4.80. The smallest absolute Gasteiger partial charge is 0.301 e. The maximum atomic E-state index is 13.1. The van der Waals surface area contributed by atoms with Gasteiger partial charge in [0.15, 0.2) is 5.76 Å². The Bertz CT molecular complexity index is 1120. The van der Waals surface area contributed by atoms with Gasteiger partial charge in [-0.15, -0.1) is 0 Å². The van der Waals surface area contributed by atoms with E-state index in [0.717, 1.165) is 15.7 Å². The van der Waals surface area contributed by atoms with Crippen LogP contribution in [0.3, 0.4) is 0 Å². The van der Waals surface area contributed by atoms with E-state index < -0.39 is 17.6 Å². The number of amides is 2. The molecule has 0 bridgehead atoms. The average Bonchev–Trinajstić information content (AvgIpc) is 2.95. The maximum absolute atomic E-state index is 13.1. The van der Waals surface area contributed by atoms with Crippen molar-refractivity contribution in [2.24, 2.45) is 5.92 Å². The third kappa shape index (κ3) is 3.36. The summed E-state index contributed by atoms with van der Waals surface area (Å²) in [5.41, 5.74) is 0.926. The van der Waals surface area contributed by atoms with Gasteiger partial charge >= 0.3 is 5.91 Å². The van der Waals surface area contributed by atoms with Crippen molar-refractivity contribution in [1.82, 2.24) is 0 Å². The van der Waals surface area contributed by atoms with Crippen molar-refractivity contribution in [2.45, 2.75) is 13.8 Å². The second-order valence-corrected chi connectivity index (χ2v) is 7.40. The predicted molar refractivity (Wildman–Crippen MR) is 113 cm³/mol. The van der Waals surface area contributed by atoms with E-state index in [1.165, 1.54) is 0 Å². The van der Waals surface area contributed by atoms with Crippen LogP contribution in [0.15, 0.2) is 72.5 Å². The molecular weight excluding hydrogens is 366 g/mol. The van der Waals surface area contributed by atoms with Gasteiger partial charge in [0.1, 0.15) is 5.75 Å². The lowest BCUT2D eigenvalue weighted by Crippen LogP contribution is -2.31. The van der Waals surface area contributed by atoms with Crippen LogP contribution < -0.4 is 9.64 Å². The second kappa shape index (κ2) is 7.43. The molecule has 0 fully saturated rings. The molecule has 5 nitrogen and oxygen atoms in total. The zero-order valence-corrected chi connectivity index (χ0v) is 16.3. The molecule has 2 amide bonds. The Hall–Kier alpha value is -3.60. The maximum Gasteiger partial charge on any atom is 0.301 e. The molecule has 4 rings (SSSR count). The van der Waals surface area contributed by atoms with Crippen LogP contribution >= 0.6 is 0 Å². The van der Waals surface area contributed by atoms with Crippen molar-refractivity contribution in [3.05, 3.63) is 78.1 Å². The topological polar surface area (TPSA) is 66.8 Å². The van der Waals surface area contributed by atoms with Gasteiger partial charge in [-0.1, -0.05) is 62.4 Å². The number of aliphatic hydroxyl groups excluding tert-OH is 1. The number of carbonyl (C=O) groups is 2. The largest absolute Gasteiger partial charge is 0.502 e. The van der Waals surface area contributed by atoms with Gasteiger partial charge < -0.3 is 9.84 Å². The van der Waals surface area contributed by atoms with Crippen LogP contribution in [0.4, 0.5) is 5.69 Å². The molecule has 1 heterocycles. The predicted octanol–water partition coefficient (Wildman–Crippen LogP) is 4.72. The lowest BCUT2D eigenvalue weighted by molar-refractivity contribution is -0.121. The van der Waals surface area contributed by atoms with Gasteiger partial charge in [0, 0.05) is 5.39 Å². The van der Waals surface area contributed by atoms with Crippen molar-refractivity contribution in [3.63, 3.8) is 0 Å². The minimum atomic E-state index is -0.721. The Morgan fingerprint density at radius 2 is 1.59 bits per heavy atom. The highest BCUT2D eigenvalue weighted by Crippen LogP contribution is 2.35. The molecule has 1 aliphatic heterocycles. The number of hydrogen-bond donors (Lipinski definition) is 1. The third-order valence-corrected chi connectivity index (χ3v) is 4.79. The highest BCUT2D eigenvalue weighted by molar-refractivity contribution is 6.45. The average molecular weight is 387 g/mol. The zero-order valence-electron chi connectivity index (χ0n) is 16.3. The highest BCUT2D eigenvalue weighted by Gasteiger charge is 2.40. The number of carbonyl (C=O) groups excluding carboxylic acids is 2. The Labute approximate surface area is 168 Å². The van der Waals surface area contributed by atoms with E-state index in [1.54, 1.807) is 36.4 Å². The number of benzene rings is 3. The first kappa shape index (κ1) is 18.7. The summed E-state index contributed by atoms with van der Waals surface area (Å²) >= 11 is 0. The number of aliphatic hydroxyl groups is 1. The molecule has 0 radical (unpaired) electrons. The van der Waals surface area contributed by atoms with E-state index >= 15 is 0 Å². The van der Waals surface area contributed by atoms with Crippen molar-refractivity contribution in [3.8, 4) is 5.75 Å². The minimum Gasteiger partial charge on any atom is -0.502 e. The summed E-state index contributed by atoms with van der Waals surface area (Å²) in [7, 11) is 0. The van der Waals surface area contributed by atoms with Crippen LogP contribution in [0.2, 0.25) is 0 Å². The standard InChI is InChI=1S/C24H21NO4/c1-15(2)14-29-18-12-10-17(11-13-18)21-22(26)24(28)25(23(21)27)20-9-5-7-16-6-3-4-8-19(16)20/h3-13,15,26H,14H2,1-2H3. The summed E-state index contributed by atoms with van der Waals surface area (Å²) in [4.78, 5) is 26.9. The lowest BCUT2D eigenvalue weighted by Gasteiger charge is -2.17. The zero-order chi connectivity index (χ0) is 20.5. The highest BCUT2D eigenvalue weighted by atomic mass is 16.5. The summed E-state index contributed by atoms with van der Waals surface area (Å²) in [6.45, 7) is 4.70. The molecule has 5 heteroatoms. The fraction of sp³-hybridized carbons (Fsp3) is 0.167. The van der Waals surface area contributed by atoms with Crippen LogP contribution in [-0.2, 0) is 9.59 Å². The molecule has 0 saturated carbocycles. The summed E-state index contributed by atoms with van der Waals surface area (Å²) in [5, 5.41) is 12.1. The first-order valence-electron chi connectivity index (χ1n) is 9.50. The number of hydrogen-bond acceptors (Lipinski definition) is 4. The van der Waals surface area contributed by atoms with Crippen LogP contribution in [0.1, 0.15) is 19.4 Å². The van der Waals surface area contributed by atoms with Gasteiger partial charge in [0.05, 0.1) is 17.9 Å². The Morgan fingerprint density at radius 1 is 0.897 bits per heavy atom. The Morgan fingerprint density at radius 3 is 2.31 bits per heavy atom. The van der Waals surface area contributed by atoms with Crippen molar-refractivity contribution < 1.29 is 19.4 Å². The molecule has 0 atom stereocenters. The van der Waals surface area contributed by atoms with E-state index in [1.807, 2.05) is 30.3 Å². The van der Waals surface area contributed by atoms with Gasteiger partial charge in [0.25, 0.3) is 5.91 Å². The second-order valence-electron chi connectivity index (χ2n) is 7.40. The van der Waals surface area contributed by atoms with Gasteiger partial charge in [-0.2, -0.15) is 0 Å². The summed E-state index contributed by atoms with van der Waals surface area (Å²) in [5.74, 6) is -0.741. The third-order valence-electron chi connectivity index (χ3n) is 4.79. The first-order chi connectivity index (χ1) is 14.0. The molecule has 1 N–H and O–H groups in total. The van der Waals surface area contributed by atoms with Crippen molar-refractivity contribution in [2.75, 3.05) is 11.5 Å². The number of imide groups is 1. The first-order valence-corrected chi connectivity index (χ1v) is 9.50. The minimum absolute atomic E-state index is 0.00153.